The normalized spacial score (nSPS) is 15.9. The number of aromatic carboxylic acids is 1. The van der Waals surface area contributed by atoms with Gasteiger partial charge in [-0.3, -0.25) is 14.9 Å². The first-order valence-electron chi connectivity index (χ1n) is 9.19. The second kappa shape index (κ2) is 6.87. The standard InChI is InChI=1S/C21H19N3O6/c1-22-15(11-4-6-12(7-5-11)24(28)29)10-14-17-13(21(26)27)8-9-16(30-3)19(17)23(2)18(14)20(22)25/h4-9,15H,10H2,1-3H3,(H,26,27). The smallest absolute Gasteiger partial charge is 0.336 e. The summed E-state index contributed by atoms with van der Waals surface area (Å²) in [6.45, 7) is 0. The molecule has 0 aliphatic carbocycles. The molecule has 30 heavy (non-hydrogen) atoms. The number of fused-ring (bicyclic) bond motifs is 3. The molecule has 154 valence electrons. The molecule has 2 aromatic carbocycles. The number of nitro groups is 1. The van der Waals surface area contributed by atoms with Crippen LogP contribution in [0.5, 0.6) is 5.75 Å². The third kappa shape index (κ3) is 2.70. The van der Waals surface area contributed by atoms with Crippen LogP contribution < -0.4 is 4.74 Å². The number of aromatic nitrogens is 1. The van der Waals surface area contributed by atoms with Crippen molar-refractivity contribution in [2.45, 2.75) is 12.5 Å². The lowest BCUT2D eigenvalue weighted by atomic mass is 9.90. The lowest BCUT2D eigenvalue weighted by molar-refractivity contribution is -0.384. The van der Waals surface area contributed by atoms with Crippen LogP contribution in [0.4, 0.5) is 5.69 Å². The fourth-order valence-corrected chi connectivity index (χ4v) is 4.26. The topological polar surface area (TPSA) is 115 Å². The van der Waals surface area contributed by atoms with E-state index in [0.717, 1.165) is 5.56 Å². The summed E-state index contributed by atoms with van der Waals surface area (Å²) in [5, 5.41) is 21.2. The monoisotopic (exact) mass is 409 g/mol. The van der Waals surface area contributed by atoms with E-state index in [9.17, 15) is 24.8 Å². The van der Waals surface area contributed by atoms with E-state index in [4.69, 9.17) is 4.74 Å². The Kier molecular flexibility index (Phi) is 4.45. The SMILES string of the molecule is COc1ccc(C(=O)O)c2c3c(n(C)c12)C(=O)N(C)C(c1ccc([N+](=O)[O-])cc1)C3. The second-order valence-corrected chi connectivity index (χ2v) is 7.21. The van der Waals surface area contributed by atoms with Crippen molar-refractivity contribution in [3.8, 4) is 5.75 Å². The molecule has 0 saturated heterocycles. The first-order valence-corrected chi connectivity index (χ1v) is 9.19. The number of carboxylic acids is 1. The average Bonchev–Trinajstić information content (AvgIpc) is 3.02. The van der Waals surface area contributed by atoms with Gasteiger partial charge in [0.1, 0.15) is 11.4 Å². The molecule has 1 N–H and O–H groups in total. The summed E-state index contributed by atoms with van der Waals surface area (Å²) < 4.78 is 7.11. The Balaban J connectivity index is 1.94. The summed E-state index contributed by atoms with van der Waals surface area (Å²) in [6.07, 6.45) is 0.375. The zero-order chi connectivity index (χ0) is 21.7. The minimum atomic E-state index is -1.09. The van der Waals surface area contributed by atoms with Crippen LogP contribution in [0.1, 0.15) is 38.0 Å². The number of methoxy groups -OCH3 is 1. The Morgan fingerprint density at radius 3 is 2.43 bits per heavy atom. The predicted octanol–water partition coefficient (Wildman–Crippen LogP) is 3.16. The Hall–Kier alpha value is -3.88. The molecule has 1 aromatic heterocycles. The first kappa shape index (κ1) is 19.4. The van der Waals surface area contributed by atoms with Crippen LogP contribution in [0.15, 0.2) is 36.4 Å². The third-order valence-corrected chi connectivity index (χ3v) is 5.73. The van der Waals surface area contributed by atoms with Crippen LogP contribution in [-0.2, 0) is 13.5 Å². The van der Waals surface area contributed by atoms with Gasteiger partial charge in [-0.15, -0.1) is 0 Å². The van der Waals surface area contributed by atoms with E-state index in [0.29, 0.717) is 34.3 Å². The number of rotatable bonds is 4. The fraction of sp³-hybridized carbons (Fsp3) is 0.238. The lowest BCUT2D eigenvalue weighted by Crippen LogP contribution is -2.38. The predicted molar refractivity (Wildman–Crippen MR) is 108 cm³/mol. The maximum Gasteiger partial charge on any atom is 0.336 e. The molecule has 1 amide bonds. The number of hydrogen-bond acceptors (Lipinski definition) is 5. The molecule has 9 heteroatoms. The first-order chi connectivity index (χ1) is 14.3. The van der Waals surface area contributed by atoms with E-state index in [-0.39, 0.29) is 23.2 Å². The molecule has 0 bridgehead atoms. The van der Waals surface area contributed by atoms with Crippen LogP contribution >= 0.6 is 0 Å². The number of carbonyl (C=O) groups is 2. The van der Waals surface area contributed by atoms with E-state index in [1.807, 2.05) is 0 Å². The highest BCUT2D eigenvalue weighted by molar-refractivity contribution is 6.11. The van der Waals surface area contributed by atoms with Crippen LogP contribution in [0.25, 0.3) is 10.9 Å². The number of ether oxygens (including phenoxy) is 1. The summed E-state index contributed by atoms with van der Waals surface area (Å²) in [7, 11) is 4.88. The number of amides is 1. The third-order valence-electron chi connectivity index (χ3n) is 5.73. The number of non-ortho nitro benzene ring substituents is 1. The zero-order valence-electron chi connectivity index (χ0n) is 16.6. The molecule has 1 unspecified atom stereocenters. The minimum Gasteiger partial charge on any atom is -0.495 e. The highest BCUT2D eigenvalue weighted by Gasteiger charge is 2.37. The second-order valence-electron chi connectivity index (χ2n) is 7.21. The van der Waals surface area contributed by atoms with E-state index in [2.05, 4.69) is 0 Å². The molecular formula is C21H19N3O6. The molecule has 3 aromatic rings. The van der Waals surface area contributed by atoms with Crippen molar-refractivity contribution in [3.63, 3.8) is 0 Å². The van der Waals surface area contributed by atoms with Gasteiger partial charge >= 0.3 is 5.97 Å². The van der Waals surface area contributed by atoms with Gasteiger partial charge in [0.2, 0.25) is 0 Å². The number of likely N-dealkylation sites (N-methyl/N-ethyl adjacent to an activating group) is 1. The van der Waals surface area contributed by atoms with Crippen LogP contribution in [0, 0.1) is 10.1 Å². The molecule has 1 aliphatic rings. The van der Waals surface area contributed by atoms with Crippen molar-refractivity contribution < 1.29 is 24.4 Å². The van der Waals surface area contributed by atoms with Crippen molar-refractivity contribution in [1.29, 1.82) is 0 Å². The molecule has 0 radical (unpaired) electrons. The summed E-state index contributed by atoms with van der Waals surface area (Å²) in [4.78, 5) is 37.2. The minimum absolute atomic E-state index is 0.0349. The van der Waals surface area contributed by atoms with Crippen LogP contribution in [0.3, 0.4) is 0 Å². The van der Waals surface area contributed by atoms with Gasteiger partial charge in [0.15, 0.2) is 0 Å². The van der Waals surface area contributed by atoms with E-state index in [1.54, 1.807) is 41.8 Å². The Labute approximate surface area is 171 Å². The Bertz CT molecular complexity index is 1210. The molecule has 2 heterocycles. The fourth-order valence-electron chi connectivity index (χ4n) is 4.26. The number of nitro benzene ring substituents is 1. The summed E-state index contributed by atoms with van der Waals surface area (Å²) in [5.74, 6) is -0.861. The van der Waals surface area contributed by atoms with Gasteiger partial charge in [-0.05, 0) is 23.3 Å². The summed E-state index contributed by atoms with van der Waals surface area (Å²) in [6, 6.07) is 8.73. The zero-order valence-corrected chi connectivity index (χ0v) is 16.6. The molecule has 0 saturated carbocycles. The molecule has 1 aliphatic heterocycles. The summed E-state index contributed by atoms with van der Waals surface area (Å²) in [5.41, 5.74) is 2.40. The van der Waals surface area contributed by atoms with Crippen molar-refractivity contribution in [2.24, 2.45) is 7.05 Å². The van der Waals surface area contributed by atoms with Crippen molar-refractivity contribution in [2.75, 3.05) is 14.2 Å². The van der Waals surface area contributed by atoms with Gasteiger partial charge in [-0.1, -0.05) is 12.1 Å². The van der Waals surface area contributed by atoms with Gasteiger partial charge < -0.3 is 19.3 Å². The quantitative estimate of drug-likeness (QED) is 0.523. The Morgan fingerprint density at radius 2 is 1.87 bits per heavy atom. The molecular weight excluding hydrogens is 390 g/mol. The van der Waals surface area contributed by atoms with Gasteiger partial charge in [-0.2, -0.15) is 0 Å². The van der Waals surface area contributed by atoms with E-state index >= 15 is 0 Å². The largest absolute Gasteiger partial charge is 0.495 e. The van der Waals surface area contributed by atoms with Crippen molar-refractivity contribution in [3.05, 3.63) is 68.9 Å². The maximum atomic E-state index is 13.3. The summed E-state index contributed by atoms with van der Waals surface area (Å²) >= 11 is 0. The number of carbonyl (C=O) groups excluding carboxylic acids is 1. The van der Waals surface area contributed by atoms with E-state index in [1.165, 1.54) is 25.3 Å². The van der Waals surface area contributed by atoms with Crippen LogP contribution in [-0.4, -0.2) is 45.5 Å². The number of benzene rings is 2. The number of nitrogens with zero attached hydrogens (tertiary/aromatic N) is 3. The van der Waals surface area contributed by atoms with Gasteiger partial charge in [0.25, 0.3) is 11.6 Å². The van der Waals surface area contributed by atoms with Crippen molar-refractivity contribution >= 4 is 28.5 Å². The highest BCUT2D eigenvalue weighted by Crippen LogP contribution is 2.41. The van der Waals surface area contributed by atoms with Gasteiger partial charge in [-0.25, -0.2) is 4.79 Å². The average molecular weight is 409 g/mol. The van der Waals surface area contributed by atoms with E-state index < -0.39 is 10.9 Å². The molecule has 9 nitrogen and oxygen atoms in total. The Morgan fingerprint density at radius 1 is 1.20 bits per heavy atom. The molecule has 0 spiro atoms. The highest BCUT2D eigenvalue weighted by atomic mass is 16.6. The van der Waals surface area contributed by atoms with Crippen molar-refractivity contribution in [1.82, 2.24) is 9.47 Å². The van der Waals surface area contributed by atoms with Gasteiger partial charge in [0, 0.05) is 38.0 Å². The molecule has 4 rings (SSSR count). The van der Waals surface area contributed by atoms with Gasteiger partial charge in [0.05, 0.1) is 29.2 Å². The molecule has 0 fully saturated rings. The molecule has 1 atom stereocenters. The lowest BCUT2D eigenvalue weighted by Gasteiger charge is -2.33. The number of aryl methyl sites for hydroxylation is 1. The maximum absolute atomic E-state index is 13.3. The number of carboxylic acid groups (broad SMARTS) is 1. The van der Waals surface area contributed by atoms with Crippen LogP contribution in [0.2, 0.25) is 0 Å². The number of hydrogen-bond donors (Lipinski definition) is 1.